The molecule has 0 radical (unpaired) electrons. The Hall–Kier alpha value is -3.26. The molecule has 2 aromatic carbocycles. The monoisotopic (exact) mass is 507 g/mol. The van der Waals surface area contributed by atoms with Crippen LogP contribution in [-0.2, 0) is 6.42 Å². The van der Waals surface area contributed by atoms with E-state index in [2.05, 4.69) is 10.2 Å². The fourth-order valence-corrected chi connectivity index (χ4v) is 4.93. The van der Waals surface area contributed by atoms with E-state index in [1.807, 2.05) is 65.2 Å². The molecule has 0 aliphatic carbocycles. The molecular weight excluding hydrogens is 489 g/mol. The number of aromatic nitrogens is 4. The zero-order valence-corrected chi connectivity index (χ0v) is 20.7. The van der Waals surface area contributed by atoms with Gasteiger partial charge in [0.2, 0.25) is 0 Å². The summed E-state index contributed by atoms with van der Waals surface area (Å²) in [7, 11) is 3.41. The minimum atomic E-state index is -0.136. The molecule has 5 rings (SSSR count). The van der Waals surface area contributed by atoms with Crippen LogP contribution in [0.1, 0.15) is 20.9 Å². The second-order valence-electron chi connectivity index (χ2n) is 7.94. The highest BCUT2D eigenvalue weighted by molar-refractivity contribution is 7.14. The molecule has 34 heavy (non-hydrogen) atoms. The molecule has 170 valence electrons. The van der Waals surface area contributed by atoms with Gasteiger partial charge in [0.25, 0.3) is 5.91 Å². The van der Waals surface area contributed by atoms with Crippen molar-refractivity contribution in [3.63, 3.8) is 0 Å². The molecule has 9 heteroatoms. The van der Waals surface area contributed by atoms with Crippen molar-refractivity contribution in [3.8, 4) is 22.0 Å². The first-order valence-electron chi connectivity index (χ1n) is 10.5. The van der Waals surface area contributed by atoms with Crippen LogP contribution < -0.4 is 0 Å². The van der Waals surface area contributed by atoms with Gasteiger partial charge in [-0.2, -0.15) is 0 Å². The topological polar surface area (TPSA) is 63.4 Å². The van der Waals surface area contributed by atoms with Gasteiger partial charge in [0.1, 0.15) is 16.3 Å². The van der Waals surface area contributed by atoms with E-state index in [0.717, 1.165) is 38.2 Å². The maximum absolute atomic E-state index is 12.4. The van der Waals surface area contributed by atoms with Crippen LogP contribution in [0, 0.1) is 0 Å². The third kappa shape index (κ3) is 4.30. The molecule has 3 heterocycles. The van der Waals surface area contributed by atoms with Crippen molar-refractivity contribution in [2.24, 2.45) is 0 Å². The SMILES string of the molecule is CN(C)C(=O)c1cc(Cc2nnc(-c3c(-c4ccc(Cl)cc4)nc4ccccn34)s2)ccc1Cl. The molecule has 6 nitrogen and oxygen atoms in total. The lowest BCUT2D eigenvalue weighted by atomic mass is 10.1. The van der Waals surface area contributed by atoms with E-state index in [4.69, 9.17) is 28.2 Å². The molecular formula is C25H19Cl2N5OS. The van der Waals surface area contributed by atoms with E-state index in [9.17, 15) is 4.79 Å². The predicted molar refractivity (Wildman–Crippen MR) is 137 cm³/mol. The summed E-state index contributed by atoms with van der Waals surface area (Å²) in [5, 5.41) is 11.6. The second-order valence-corrected chi connectivity index (χ2v) is 9.84. The van der Waals surface area contributed by atoms with Gasteiger partial charge in [-0.1, -0.05) is 58.8 Å². The molecule has 0 aliphatic rings. The number of nitrogens with zero attached hydrogens (tertiary/aromatic N) is 5. The summed E-state index contributed by atoms with van der Waals surface area (Å²) in [6, 6.07) is 19.0. The number of pyridine rings is 1. The Bertz CT molecular complexity index is 1510. The first-order valence-corrected chi connectivity index (χ1v) is 12.0. The van der Waals surface area contributed by atoms with Gasteiger partial charge >= 0.3 is 0 Å². The summed E-state index contributed by atoms with van der Waals surface area (Å²) in [4.78, 5) is 18.8. The van der Waals surface area contributed by atoms with Crippen molar-refractivity contribution >= 4 is 46.1 Å². The lowest BCUT2D eigenvalue weighted by molar-refractivity contribution is 0.0827. The summed E-state index contributed by atoms with van der Waals surface area (Å²) in [5.41, 5.74) is 4.87. The van der Waals surface area contributed by atoms with Crippen molar-refractivity contribution < 1.29 is 4.79 Å². The molecule has 0 saturated carbocycles. The number of benzene rings is 2. The Morgan fingerprint density at radius 3 is 2.59 bits per heavy atom. The van der Waals surface area contributed by atoms with E-state index in [1.165, 1.54) is 16.2 Å². The molecule has 0 saturated heterocycles. The number of hydrogen-bond acceptors (Lipinski definition) is 5. The van der Waals surface area contributed by atoms with Gasteiger partial charge in [-0.25, -0.2) is 4.98 Å². The third-order valence-electron chi connectivity index (χ3n) is 5.34. The average molecular weight is 508 g/mol. The maximum Gasteiger partial charge on any atom is 0.254 e. The molecule has 3 aromatic heterocycles. The summed E-state index contributed by atoms with van der Waals surface area (Å²) in [6.07, 6.45) is 2.51. The highest BCUT2D eigenvalue weighted by Gasteiger charge is 2.20. The molecule has 0 N–H and O–H groups in total. The van der Waals surface area contributed by atoms with E-state index in [-0.39, 0.29) is 5.91 Å². The number of hydrogen-bond donors (Lipinski definition) is 0. The molecule has 0 fully saturated rings. The van der Waals surface area contributed by atoms with Crippen molar-refractivity contribution in [3.05, 3.63) is 93.0 Å². The van der Waals surface area contributed by atoms with Gasteiger partial charge in [-0.15, -0.1) is 10.2 Å². The van der Waals surface area contributed by atoms with Crippen molar-refractivity contribution in [2.45, 2.75) is 6.42 Å². The Balaban J connectivity index is 1.53. The summed E-state index contributed by atoms with van der Waals surface area (Å²) in [6.45, 7) is 0. The first kappa shape index (κ1) is 22.5. The van der Waals surface area contributed by atoms with Crippen molar-refractivity contribution in [2.75, 3.05) is 14.1 Å². The number of carbonyl (C=O) groups is 1. The van der Waals surface area contributed by atoms with Gasteiger partial charge in [-0.05, 0) is 42.0 Å². The van der Waals surface area contributed by atoms with Crippen LogP contribution in [0.2, 0.25) is 10.0 Å². The van der Waals surface area contributed by atoms with Gasteiger partial charge in [0, 0.05) is 37.3 Å². The van der Waals surface area contributed by atoms with Crippen LogP contribution in [0.3, 0.4) is 0 Å². The molecule has 0 bridgehead atoms. The fourth-order valence-electron chi connectivity index (χ4n) is 3.69. The van der Waals surface area contributed by atoms with Gasteiger partial charge in [0.15, 0.2) is 5.01 Å². The van der Waals surface area contributed by atoms with Gasteiger partial charge < -0.3 is 4.90 Å². The minimum Gasteiger partial charge on any atom is -0.345 e. The third-order valence-corrected chi connectivity index (χ3v) is 6.85. The number of carbonyl (C=O) groups excluding carboxylic acids is 1. The summed E-state index contributed by atoms with van der Waals surface area (Å²) < 4.78 is 2.02. The van der Waals surface area contributed by atoms with Gasteiger partial charge in [-0.3, -0.25) is 9.20 Å². The van der Waals surface area contributed by atoms with E-state index < -0.39 is 0 Å². The van der Waals surface area contributed by atoms with Crippen molar-refractivity contribution in [1.29, 1.82) is 0 Å². The Morgan fingerprint density at radius 1 is 1.03 bits per heavy atom. The van der Waals surface area contributed by atoms with Crippen molar-refractivity contribution in [1.82, 2.24) is 24.5 Å². The number of halogens is 2. The summed E-state index contributed by atoms with van der Waals surface area (Å²) in [5.74, 6) is -0.136. The fraction of sp³-hybridized carbons (Fsp3) is 0.120. The molecule has 0 unspecified atom stereocenters. The molecule has 1 amide bonds. The lowest BCUT2D eigenvalue weighted by Gasteiger charge is -2.12. The van der Waals surface area contributed by atoms with E-state index >= 15 is 0 Å². The normalized spacial score (nSPS) is 11.2. The lowest BCUT2D eigenvalue weighted by Crippen LogP contribution is -2.22. The Kier molecular flexibility index (Phi) is 6.08. The predicted octanol–water partition coefficient (Wildman–Crippen LogP) is 6.12. The van der Waals surface area contributed by atoms with Gasteiger partial charge in [0.05, 0.1) is 16.3 Å². The molecule has 0 aliphatic heterocycles. The highest BCUT2D eigenvalue weighted by atomic mass is 35.5. The van der Waals surface area contributed by atoms with Crippen LogP contribution in [0.5, 0.6) is 0 Å². The zero-order valence-electron chi connectivity index (χ0n) is 18.4. The quantitative estimate of drug-likeness (QED) is 0.287. The van der Waals surface area contributed by atoms with Crippen LogP contribution in [-0.4, -0.2) is 44.5 Å². The standard InChI is InChI=1S/C25H19Cl2N5OS/c1-31(2)25(33)18-13-15(6-11-19(18)27)14-21-29-30-24(34-21)23-22(16-7-9-17(26)10-8-16)28-20-5-3-4-12-32(20)23/h3-13H,14H2,1-2H3. The Morgan fingerprint density at radius 2 is 1.82 bits per heavy atom. The van der Waals surface area contributed by atoms with Crippen LogP contribution in [0.25, 0.3) is 27.6 Å². The summed E-state index contributed by atoms with van der Waals surface area (Å²) >= 11 is 13.9. The number of amides is 1. The number of fused-ring (bicyclic) bond motifs is 1. The minimum absolute atomic E-state index is 0.136. The highest BCUT2D eigenvalue weighted by Crippen LogP contribution is 2.35. The number of rotatable bonds is 5. The van der Waals surface area contributed by atoms with Crippen LogP contribution >= 0.6 is 34.5 Å². The zero-order chi connectivity index (χ0) is 23.8. The van der Waals surface area contributed by atoms with E-state index in [1.54, 1.807) is 20.2 Å². The molecule has 5 aromatic rings. The van der Waals surface area contributed by atoms with Crippen LogP contribution in [0.15, 0.2) is 66.9 Å². The molecule has 0 spiro atoms. The van der Waals surface area contributed by atoms with E-state index in [0.29, 0.717) is 22.0 Å². The first-order chi connectivity index (χ1) is 16.4. The maximum atomic E-state index is 12.4. The number of imidazole rings is 1. The largest absolute Gasteiger partial charge is 0.345 e. The molecule has 0 atom stereocenters. The average Bonchev–Trinajstić information content (AvgIpc) is 3.44. The Labute approximate surface area is 210 Å². The second kappa shape index (κ2) is 9.18. The van der Waals surface area contributed by atoms with Crippen LogP contribution in [0.4, 0.5) is 0 Å². The smallest absolute Gasteiger partial charge is 0.254 e.